The highest BCUT2D eigenvalue weighted by Crippen LogP contribution is 2.26. The average molecular weight is 292 g/mol. The van der Waals surface area contributed by atoms with Gasteiger partial charge < -0.3 is 19.3 Å². The number of methoxy groups -OCH3 is 1. The molecule has 21 heavy (non-hydrogen) atoms. The number of hydrogen-bond acceptors (Lipinski definition) is 4. The molecule has 0 aromatic heterocycles. The molecule has 0 bridgehead atoms. The summed E-state index contributed by atoms with van der Waals surface area (Å²) in [7, 11) is 1.57. The van der Waals surface area contributed by atoms with Gasteiger partial charge in [0.15, 0.2) is 0 Å². The Morgan fingerprint density at radius 2 is 2.38 bits per heavy atom. The number of carboxylic acids is 1. The lowest BCUT2D eigenvalue weighted by Crippen LogP contribution is -2.11. The first kappa shape index (κ1) is 15.4. The average Bonchev–Trinajstić information content (AvgIpc) is 2.99. The molecule has 114 valence electrons. The van der Waals surface area contributed by atoms with Crippen molar-refractivity contribution >= 4 is 12.0 Å². The second kappa shape index (κ2) is 7.69. The summed E-state index contributed by atoms with van der Waals surface area (Å²) >= 11 is 0. The molecule has 0 spiro atoms. The maximum absolute atomic E-state index is 10.7. The van der Waals surface area contributed by atoms with Crippen LogP contribution in [0.4, 0.5) is 0 Å². The lowest BCUT2D eigenvalue weighted by Gasteiger charge is -2.13. The molecule has 0 saturated carbocycles. The fourth-order valence-electron chi connectivity index (χ4n) is 2.25. The molecule has 1 N–H and O–H groups in total. The number of carboxylic acid groups (broad SMARTS) is 1. The van der Waals surface area contributed by atoms with Gasteiger partial charge in [0.1, 0.15) is 11.5 Å². The zero-order valence-electron chi connectivity index (χ0n) is 12.1. The molecule has 1 unspecified atom stereocenters. The minimum atomic E-state index is -0.997. The SMILES string of the molecule is COc1ccc(OCCC2CCCO2)c(C=CC(=O)O)c1. The minimum Gasteiger partial charge on any atom is -0.497 e. The van der Waals surface area contributed by atoms with Crippen molar-refractivity contribution in [2.24, 2.45) is 0 Å². The number of benzene rings is 1. The van der Waals surface area contributed by atoms with E-state index in [1.165, 1.54) is 6.08 Å². The lowest BCUT2D eigenvalue weighted by molar-refractivity contribution is -0.131. The van der Waals surface area contributed by atoms with Crippen LogP contribution in [0, 0.1) is 0 Å². The predicted octanol–water partition coefficient (Wildman–Crippen LogP) is 2.74. The van der Waals surface area contributed by atoms with E-state index in [9.17, 15) is 4.79 Å². The summed E-state index contributed by atoms with van der Waals surface area (Å²) in [6.07, 6.45) is 5.90. The second-order valence-electron chi connectivity index (χ2n) is 4.85. The third-order valence-electron chi connectivity index (χ3n) is 3.34. The van der Waals surface area contributed by atoms with Gasteiger partial charge in [-0.2, -0.15) is 0 Å². The van der Waals surface area contributed by atoms with Crippen LogP contribution in [0.15, 0.2) is 24.3 Å². The van der Waals surface area contributed by atoms with Gasteiger partial charge in [-0.25, -0.2) is 4.79 Å². The number of aliphatic carboxylic acids is 1. The van der Waals surface area contributed by atoms with Crippen LogP contribution in [0.1, 0.15) is 24.8 Å². The van der Waals surface area contributed by atoms with E-state index in [2.05, 4.69) is 0 Å². The van der Waals surface area contributed by atoms with Gasteiger partial charge >= 0.3 is 5.97 Å². The van der Waals surface area contributed by atoms with Crippen LogP contribution in [0.2, 0.25) is 0 Å². The summed E-state index contributed by atoms with van der Waals surface area (Å²) in [6, 6.07) is 5.33. The summed E-state index contributed by atoms with van der Waals surface area (Å²) in [5.74, 6) is 0.306. The smallest absolute Gasteiger partial charge is 0.328 e. The first-order valence-electron chi connectivity index (χ1n) is 7.02. The highest BCUT2D eigenvalue weighted by molar-refractivity contribution is 5.86. The van der Waals surface area contributed by atoms with E-state index in [4.69, 9.17) is 19.3 Å². The van der Waals surface area contributed by atoms with Crippen molar-refractivity contribution in [3.8, 4) is 11.5 Å². The molecule has 1 fully saturated rings. The van der Waals surface area contributed by atoms with Crippen molar-refractivity contribution in [2.75, 3.05) is 20.3 Å². The maximum atomic E-state index is 10.7. The third-order valence-corrected chi connectivity index (χ3v) is 3.34. The first-order chi connectivity index (χ1) is 10.2. The van der Waals surface area contributed by atoms with E-state index in [-0.39, 0.29) is 6.10 Å². The van der Waals surface area contributed by atoms with E-state index in [1.807, 2.05) is 0 Å². The molecule has 1 aliphatic rings. The minimum absolute atomic E-state index is 0.279. The lowest BCUT2D eigenvalue weighted by atomic mass is 10.1. The van der Waals surface area contributed by atoms with Crippen LogP contribution in [0.5, 0.6) is 11.5 Å². The third kappa shape index (κ3) is 4.79. The summed E-state index contributed by atoms with van der Waals surface area (Å²) < 4.78 is 16.4. The fraction of sp³-hybridized carbons (Fsp3) is 0.438. The van der Waals surface area contributed by atoms with Crippen molar-refractivity contribution in [2.45, 2.75) is 25.4 Å². The molecule has 1 saturated heterocycles. The molecule has 0 amide bonds. The van der Waals surface area contributed by atoms with E-state index in [0.29, 0.717) is 23.7 Å². The Morgan fingerprint density at radius 1 is 1.52 bits per heavy atom. The van der Waals surface area contributed by atoms with Gasteiger partial charge in [0.05, 0.1) is 19.8 Å². The summed E-state index contributed by atoms with van der Waals surface area (Å²) in [4.78, 5) is 10.7. The molecule has 1 aromatic carbocycles. The summed E-state index contributed by atoms with van der Waals surface area (Å²) in [6.45, 7) is 1.38. The molecule has 0 aliphatic carbocycles. The molecule has 5 heteroatoms. The van der Waals surface area contributed by atoms with Gasteiger partial charge in [0.2, 0.25) is 0 Å². The zero-order valence-corrected chi connectivity index (χ0v) is 12.1. The predicted molar refractivity (Wildman–Crippen MR) is 78.7 cm³/mol. The van der Waals surface area contributed by atoms with E-state index in [1.54, 1.807) is 25.3 Å². The van der Waals surface area contributed by atoms with Gasteiger partial charge in [-0.1, -0.05) is 0 Å². The standard InChI is InChI=1S/C16H20O5/c1-19-14-5-6-15(12(11-14)4-7-16(17)18)21-10-8-13-3-2-9-20-13/h4-7,11,13H,2-3,8-10H2,1H3,(H,17,18). The van der Waals surface area contributed by atoms with E-state index >= 15 is 0 Å². The van der Waals surface area contributed by atoms with Crippen molar-refractivity contribution in [1.82, 2.24) is 0 Å². The molecule has 1 aliphatic heterocycles. The first-order valence-corrected chi connectivity index (χ1v) is 7.02. The highest BCUT2D eigenvalue weighted by atomic mass is 16.5. The van der Waals surface area contributed by atoms with Crippen LogP contribution in [0.25, 0.3) is 6.08 Å². The van der Waals surface area contributed by atoms with Crippen molar-refractivity contribution in [1.29, 1.82) is 0 Å². The Balaban J connectivity index is 2.00. The Labute approximate surface area is 124 Å². The number of hydrogen-bond donors (Lipinski definition) is 1. The van der Waals surface area contributed by atoms with Gasteiger partial charge in [0, 0.05) is 24.7 Å². The number of carbonyl (C=O) groups is 1. The van der Waals surface area contributed by atoms with Gasteiger partial charge in [-0.3, -0.25) is 0 Å². The van der Waals surface area contributed by atoms with Crippen molar-refractivity contribution in [3.63, 3.8) is 0 Å². The molecule has 1 heterocycles. The van der Waals surface area contributed by atoms with Crippen LogP contribution in [0.3, 0.4) is 0 Å². The Hall–Kier alpha value is -2.01. The normalized spacial score (nSPS) is 18.0. The van der Waals surface area contributed by atoms with Crippen LogP contribution in [-0.4, -0.2) is 37.5 Å². The highest BCUT2D eigenvalue weighted by Gasteiger charge is 2.15. The van der Waals surface area contributed by atoms with Gasteiger partial charge in [-0.05, 0) is 37.1 Å². The molecule has 1 atom stereocenters. The zero-order chi connectivity index (χ0) is 15.1. The fourth-order valence-corrected chi connectivity index (χ4v) is 2.25. The summed E-state index contributed by atoms with van der Waals surface area (Å²) in [5.41, 5.74) is 0.684. The number of ether oxygens (including phenoxy) is 3. The van der Waals surface area contributed by atoms with Crippen molar-refractivity contribution in [3.05, 3.63) is 29.8 Å². The van der Waals surface area contributed by atoms with Gasteiger partial charge in [0.25, 0.3) is 0 Å². The maximum Gasteiger partial charge on any atom is 0.328 e. The van der Waals surface area contributed by atoms with E-state index < -0.39 is 5.97 Å². The quantitative estimate of drug-likeness (QED) is 0.783. The summed E-state index contributed by atoms with van der Waals surface area (Å²) in [5, 5.41) is 8.74. The molecule has 1 aromatic rings. The molecular formula is C16H20O5. The molecule has 0 radical (unpaired) electrons. The molecule has 5 nitrogen and oxygen atoms in total. The van der Waals surface area contributed by atoms with E-state index in [0.717, 1.165) is 31.9 Å². The van der Waals surface area contributed by atoms with Crippen LogP contribution < -0.4 is 9.47 Å². The Morgan fingerprint density at radius 3 is 3.05 bits per heavy atom. The molecular weight excluding hydrogens is 272 g/mol. The van der Waals surface area contributed by atoms with Crippen LogP contribution >= 0.6 is 0 Å². The van der Waals surface area contributed by atoms with Gasteiger partial charge in [-0.15, -0.1) is 0 Å². The van der Waals surface area contributed by atoms with Crippen LogP contribution in [-0.2, 0) is 9.53 Å². The molecule has 2 rings (SSSR count). The Bertz CT molecular complexity index is 503. The topological polar surface area (TPSA) is 65.0 Å². The Kier molecular flexibility index (Phi) is 5.63. The largest absolute Gasteiger partial charge is 0.497 e. The number of rotatable bonds is 7. The van der Waals surface area contributed by atoms with Crippen molar-refractivity contribution < 1.29 is 24.1 Å². The second-order valence-corrected chi connectivity index (χ2v) is 4.85. The monoisotopic (exact) mass is 292 g/mol.